The van der Waals surface area contributed by atoms with Gasteiger partial charge in [0.2, 0.25) is 5.91 Å². The number of benzene rings is 3. The highest BCUT2D eigenvalue weighted by Crippen LogP contribution is 2.25. The van der Waals surface area contributed by atoms with Crippen LogP contribution < -0.4 is 5.32 Å². The van der Waals surface area contributed by atoms with Crippen molar-refractivity contribution in [1.29, 1.82) is 0 Å². The topological polar surface area (TPSA) is 29.1 Å². The number of amides is 1. The van der Waals surface area contributed by atoms with Gasteiger partial charge in [0.1, 0.15) is 5.82 Å². The predicted molar refractivity (Wildman–Crippen MR) is 97.6 cm³/mol. The molecule has 0 aliphatic rings. The van der Waals surface area contributed by atoms with Crippen molar-refractivity contribution >= 4 is 28.4 Å². The number of carbonyl (C=O) groups is 1. The minimum absolute atomic E-state index is 0.107. The fraction of sp³-hybridized carbons (Fsp3) is 0.150. The van der Waals surface area contributed by atoms with E-state index in [1.165, 1.54) is 17.8 Å². The van der Waals surface area contributed by atoms with E-state index in [0.717, 1.165) is 16.3 Å². The smallest absolute Gasteiger partial charge is 0.230 e. The Kier molecular flexibility index (Phi) is 5.16. The molecule has 1 unspecified atom stereocenters. The summed E-state index contributed by atoms with van der Waals surface area (Å²) < 4.78 is 13.6. The van der Waals surface area contributed by atoms with Gasteiger partial charge in [-0.2, -0.15) is 0 Å². The van der Waals surface area contributed by atoms with Crippen LogP contribution in [0, 0.1) is 5.82 Å². The van der Waals surface area contributed by atoms with Crippen molar-refractivity contribution in [2.45, 2.75) is 17.9 Å². The third-order valence-corrected chi connectivity index (χ3v) is 4.91. The molecule has 4 heteroatoms. The molecule has 0 spiro atoms. The molecule has 0 saturated carbocycles. The number of hydrogen-bond acceptors (Lipinski definition) is 2. The van der Waals surface area contributed by atoms with Crippen LogP contribution in [0.15, 0.2) is 71.6 Å². The van der Waals surface area contributed by atoms with Crippen LogP contribution >= 0.6 is 11.8 Å². The van der Waals surface area contributed by atoms with Crippen LogP contribution in [0.4, 0.5) is 4.39 Å². The molecule has 3 rings (SSSR count). The van der Waals surface area contributed by atoms with Crippen molar-refractivity contribution in [3.8, 4) is 0 Å². The SMILES string of the molecule is CC(NC(=O)CSc1ccccc1F)c1cccc2ccccc12. The molecule has 0 saturated heterocycles. The summed E-state index contributed by atoms with van der Waals surface area (Å²) in [5.41, 5.74) is 1.08. The van der Waals surface area contributed by atoms with Gasteiger partial charge in [0.25, 0.3) is 0 Å². The highest BCUT2D eigenvalue weighted by Gasteiger charge is 2.13. The molecule has 122 valence electrons. The van der Waals surface area contributed by atoms with E-state index in [1.807, 2.05) is 31.2 Å². The minimum atomic E-state index is -0.294. The molecule has 0 heterocycles. The summed E-state index contributed by atoms with van der Waals surface area (Å²) in [6.07, 6.45) is 0. The van der Waals surface area contributed by atoms with Gasteiger partial charge in [0.05, 0.1) is 11.8 Å². The van der Waals surface area contributed by atoms with Crippen LogP contribution in [0.25, 0.3) is 10.8 Å². The van der Waals surface area contributed by atoms with Crippen molar-refractivity contribution in [3.05, 3.63) is 78.1 Å². The Balaban J connectivity index is 1.67. The molecule has 0 radical (unpaired) electrons. The van der Waals surface area contributed by atoms with Crippen LogP contribution in [0.2, 0.25) is 0 Å². The van der Waals surface area contributed by atoms with Gasteiger partial charge in [0, 0.05) is 4.90 Å². The van der Waals surface area contributed by atoms with Gasteiger partial charge in [-0.3, -0.25) is 4.79 Å². The maximum Gasteiger partial charge on any atom is 0.230 e. The molecule has 0 aliphatic heterocycles. The van der Waals surface area contributed by atoms with Crippen molar-refractivity contribution in [2.24, 2.45) is 0 Å². The van der Waals surface area contributed by atoms with Crippen molar-refractivity contribution < 1.29 is 9.18 Å². The number of halogens is 1. The van der Waals surface area contributed by atoms with Crippen LogP contribution in [0.5, 0.6) is 0 Å². The fourth-order valence-electron chi connectivity index (χ4n) is 2.69. The zero-order chi connectivity index (χ0) is 16.9. The summed E-state index contributed by atoms with van der Waals surface area (Å²) in [6.45, 7) is 1.97. The van der Waals surface area contributed by atoms with E-state index in [-0.39, 0.29) is 23.5 Å². The van der Waals surface area contributed by atoms with Gasteiger partial charge in [-0.1, -0.05) is 54.6 Å². The molecular weight excluding hydrogens is 321 g/mol. The Morgan fingerprint density at radius 3 is 2.58 bits per heavy atom. The van der Waals surface area contributed by atoms with Crippen LogP contribution in [-0.2, 0) is 4.79 Å². The Bertz CT molecular complexity index is 860. The average molecular weight is 339 g/mol. The second-order valence-corrected chi connectivity index (χ2v) is 6.59. The fourth-order valence-corrected chi connectivity index (χ4v) is 3.44. The lowest BCUT2D eigenvalue weighted by molar-refractivity contribution is -0.119. The third kappa shape index (κ3) is 3.77. The molecular formula is C20H18FNOS. The first-order chi connectivity index (χ1) is 11.6. The summed E-state index contributed by atoms with van der Waals surface area (Å²) >= 11 is 1.21. The third-order valence-electron chi connectivity index (χ3n) is 3.86. The number of fused-ring (bicyclic) bond motifs is 1. The van der Waals surface area contributed by atoms with Gasteiger partial charge in [-0.05, 0) is 35.4 Å². The first-order valence-electron chi connectivity index (χ1n) is 7.79. The Labute approximate surface area is 145 Å². The number of nitrogens with one attached hydrogen (secondary N) is 1. The Morgan fingerprint density at radius 1 is 1.04 bits per heavy atom. The van der Waals surface area contributed by atoms with Crippen LogP contribution in [-0.4, -0.2) is 11.7 Å². The molecule has 0 aromatic heterocycles. The summed E-state index contributed by atoms with van der Waals surface area (Å²) in [7, 11) is 0. The second kappa shape index (κ2) is 7.49. The zero-order valence-corrected chi connectivity index (χ0v) is 14.1. The monoisotopic (exact) mass is 339 g/mol. The first-order valence-corrected chi connectivity index (χ1v) is 8.78. The molecule has 3 aromatic carbocycles. The van der Waals surface area contributed by atoms with Gasteiger partial charge in [0.15, 0.2) is 0 Å². The molecule has 1 atom stereocenters. The summed E-state index contributed by atoms with van der Waals surface area (Å²) in [4.78, 5) is 12.7. The largest absolute Gasteiger partial charge is 0.349 e. The van der Waals surface area contributed by atoms with E-state index in [4.69, 9.17) is 0 Å². The van der Waals surface area contributed by atoms with Crippen LogP contribution in [0.3, 0.4) is 0 Å². The minimum Gasteiger partial charge on any atom is -0.349 e. The van der Waals surface area contributed by atoms with Gasteiger partial charge >= 0.3 is 0 Å². The lowest BCUT2D eigenvalue weighted by Crippen LogP contribution is -2.28. The molecule has 3 aromatic rings. The highest BCUT2D eigenvalue weighted by atomic mass is 32.2. The lowest BCUT2D eigenvalue weighted by atomic mass is 10.00. The van der Waals surface area contributed by atoms with E-state index in [1.54, 1.807) is 18.2 Å². The maximum atomic E-state index is 13.6. The van der Waals surface area contributed by atoms with Crippen LogP contribution in [0.1, 0.15) is 18.5 Å². The average Bonchev–Trinajstić information content (AvgIpc) is 2.60. The quantitative estimate of drug-likeness (QED) is 0.667. The number of rotatable bonds is 5. The summed E-state index contributed by atoms with van der Waals surface area (Å²) in [5.74, 6) is -0.211. The van der Waals surface area contributed by atoms with E-state index in [0.29, 0.717) is 4.90 Å². The van der Waals surface area contributed by atoms with Crippen molar-refractivity contribution in [2.75, 3.05) is 5.75 Å². The maximum absolute atomic E-state index is 13.6. The normalized spacial score (nSPS) is 12.1. The van der Waals surface area contributed by atoms with E-state index in [9.17, 15) is 9.18 Å². The molecule has 0 bridgehead atoms. The Hall–Kier alpha value is -2.33. The van der Waals surface area contributed by atoms with Gasteiger partial charge in [-0.25, -0.2) is 4.39 Å². The summed E-state index contributed by atoms with van der Waals surface area (Å²) in [5, 5.41) is 5.28. The molecule has 1 amide bonds. The van der Waals surface area contributed by atoms with E-state index in [2.05, 4.69) is 23.5 Å². The predicted octanol–water partition coefficient (Wildman–Crippen LogP) is 4.95. The standard InChI is InChI=1S/C20H18FNOS/c1-14(16-10-6-8-15-7-2-3-9-17(15)16)22-20(23)13-24-19-12-5-4-11-18(19)21/h2-12,14H,13H2,1H3,(H,22,23). The molecule has 0 fully saturated rings. The highest BCUT2D eigenvalue weighted by molar-refractivity contribution is 8.00. The molecule has 24 heavy (non-hydrogen) atoms. The molecule has 2 nitrogen and oxygen atoms in total. The van der Waals surface area contributed by atoms with E-state index < -0.39 is 0 Å². The van der Waals surface area contributed by atoms with E-state index >= 15 is 0 Å². The molecule has 1 N–H and O–H groups in total. The second-order valence-electron chi connectivity index (χ2n) is 5.58. The number of hydrogen-bond donors (Lipinski definition) is 1. The van der Waals surface area contributed by atoms with Gasteiger partial charge < -0.3 is 5.32 Å². The number of thioether (sulfide) groups is 1. The van der Waals surface area contributed by atoms with Crippen molar-refractivity contribution in [1.82, 2.24) is 5.32 Å². The zero-order valence-electron chi connectivity index (χ0n) is 13.3. The summed E-state index contributed by atoms with van der Waals surface area (Å²) in [6, 6.07) is 20.6. The molecule has 0 aliphatic carbocycles. The van der Waals surface area contributed by atoms with Gasteiger partial charge in [-0.15, -0.1) is 11.8 Å². The Morgan fingerprint density at radius 2 is 1.75 bits per heavy atom. The lowest BCUT2D eigenvalue weighted by Gasteiger charge is -2.16. The number of carbonyl (C=O) groups excluding carboxylic acids is 1. The first kappa shape index (κ1) is 16.5. The van der Waals surface area contributed by atoms with Crippen molar-refractivity contribution in [3.63, 3.8) is 0 Å².